The molecule has 218 valence electrons. The predicted octanol–water partition coefficient (Wildman–Crippen LogP) is 1.19. The van der Waals surface area contributed by atoms with Crippen LogP contribution < -0.4 is 16.1 Å². The maximum atomic E-state index is 13.8. The van der Waals surface area contributed by atoms with E-state index < -0.39 is 70.9 Å². The van der Waals surface area contributed by atoms with Crippen LogP contribution in [0.25, 0.3) is 0 Å². The smallest absolute Gasteiger partial charge is 0.291 e. The van der Waals surface area contributed by atoms with E-state index in [9.17, 15) is 37.1 Å². The second-order valence-electron chi connectivity index (χ2n) is 12.7. The first kappa shape index (κ1) is 29.4. The van der Waals surface area contributed by atoms with Gasteiger partial charge in [-0.2, -0.15) is 0 Å². The third-order valence-corrected chi connectivity index (χ3v) is 8.75. The minimum atomic E-state index is -3.11. The summed E-state index contributed by atoms with van der Waals surface area (Å²) >= 11 is 5.37. The van der Waals surface area contributed by atoms with Crippen molar-refractivity contribution in [3.8, 4) is 0 Å². The average molecular weight is 578 g/mol. The quantitative estimate of drug-likeness (QED) is 0.309. The van der Waals surface area contributed by atoms with Crippen LogP contribution in [0.4, 0.5) is 13.2 Å². The van der Waals surface area contributed by atoms with Crippen molar-refractivity contribution in [2.75, 3.05) is 19.6 Å². The molecule has 10 nitrogen and oxygen atoms in total. The van der Waals surface area contributed by atoms with Crippen LogP contribution >= 0.6 is 11.6 Å². The predicted molar refractivity (Wildman–Crippen MR) is 132 cm³/mol. The molecule has 4 fully saturated rings. The summed E-state index contributed by atoms with van der Waals surface area (Å²) in [5.74, 6) is -9.57. The Morgan fingerprint density at radius 1 is 1.21 bits per heavy atom. The number of fused-ring (bicyclic) bond motifs is 1. The van der Waals surface area contributed by atoms with Crippen molar-refractivity contribution in [2.45, 2.75) is 71.1 Å². The first-order valence-corrected chi connectivity index (χ1v) is 13.5. The molecule has 2 saturated carbocycles. The van der Waals surface area contributed by atoms with Crippen molar-refractivity contribution in [2.24, 2.45) is 34.5 Å². The highest BCUT2D eigenvalue weighted by molar-refractivity contribution is 6.29. The van der Waals surface area contributed by atoms with Gasteiger partial charge in [0.15, 0.2) is 0 Å². The van der Waals surface area contributed by atoms with E-state index in [1.54, 1.807) is 20.8 Å². The monoisotopic (exact) mass is 577 g/mol. The molecule has 4 rings (SSSR count). The SMILES string of the molecule is CC(C)(C)[C@H](NC(=O)[C@@H]1CC1(F)F)C(=O)N1C[C@H]2[C@@H]([C@H]1C(=O)NN(C[C@@H]1CCNC1=O)C(=O)[C@H](F)Cl)C2(C)C. The Balaban J connectivity index is 1.55. The molecule has 4 aliphatic rings. The van der Waals surface area contributed by atoms with Crippen molar-refractivity contribution >= 4 is 41.1 Å². The zero-order chi connectivity index (χ0) is 29.2. The summed E-state index contributed by atoms with van der Waals surface area (Å²) in [6.45, 7) is 9.13. The van der Waals surface area contributed by atoms with E-state index in [1.165, 1.54) is 4.90 Å². The number of hydrogen-bond acceptors (Lipinski definition) is 5. The summed E-state index contributed by atoms with van der Waals surface area (Å²) in [5, 5.41) is 5.76. The Bertz CT molecular complexity index is 1080. The molecule has 2 saturated heterocycles. The molecule has 0 spiro atoms. The maximum absolute atomic E-state index is 13.8. The normalized spacial score (nSPS) is 31.5. The average Bonchev–Trinajstić information content (AvgIpc) is 3.37. The Morgan fingerprint density at radius 3 is 2.31 bits per heavy atom. The van der Waals surface area contributed by atoms with E-state index in [4.69, 9.17) is 11.6 Å². The third kappa shape index (κ3) is 5.55. The van der Waals surface area contributed by atoms with Gasteiger partial charge in [-0.1, -0.05) is 46.2 Å². The van der Waals surface area contributed by atoms with Crippen molar-refractivity contribution in [1.29, 1.82) is 0 Å². The molecule has 0 aromatic rings. The molecule has 39 heavy (non-hydrogen) atoms. The maximum Gasteiger partial charge on any atom is 0.291 e. The number of nitrogens with one attached hydrogen (secondary N) is 3. The van der Waals surface area contributed by atoms with Gasteiger partial charge >= 0.3 is 0 Å². The summed E-state index contributed by atoms with van der Waals surface area (Å²) < 4.78 is 40.8. The number of rotatable bonds is 7. The van der Waals surface area contributed by atoms with Gasteiger partial charge in [0.25, 0.3) is 23.4 Å². The fourth-order valence-corrected chi connectivity index (χ4v) is 6.03. The second-order valence-corrected chi connectivity index (χ2v) is 13.1. The van der Waals surface area contributed by atoms with Gasteiger partial charge in [0, 0.05) is 19.5 Å². The van der Waals surface area contributed by atoms with E-state index in [1.807, 2.05) is 13.8 Å². The highest BCUT2D eigenvalue weighted by Gasteiger charge is 2.70. The van der Waals surface area contributed by atoms with Crippen molar-refractivity contribution in [1.82, 2.24) is 26.0 Å². The fourth-order valence-electron chi connectivity index (χ4n) is 5.92. The first-order chi connectivity index (χ1) is 17.9. The Kier molecular flexibility index (Phi) is 7.40. The van der Waals surface area contributed by atoms with E-state index in [0.29, 0.717) is 18.0 Å². The van der Waals surface area contributed by atoms with Gasteiger partial charge in [0.1, 0.15) is 18.0 Å². The van der Waals surface area contributed by atoms with Gasteiger partial charge in [-0.3, -0.25) is 29.4 Å². The number of halogens is 4. The lowest BCUT2D eigenvalue weighted by Crippen LogP contribution is -2.61. The van der Waals surface area contributed by atoms with Crippen molar-refractivity contribution in [3.63, 3.8) is 0 Å². The van der Waals surface area contributed by atoms with Gasteiger partial charge in [0.05, 0.1) is 12.5 Å². The fraction of sp³-hybridized carbons (Fsp3) is 0.800. The summed E-state index contributed by atoms with van der Waals surface area (Å²) in [4.78, 5) is 65.8. The van der Waals surface area contributed by atoms with E-state index in [0.717, 1.165) is 0 Å². The summed E-state index contributed by atoms with van der Waals surface area (Å²) in [6, 6.07) is -2.28. The van der Waals surface area contributed by atoms with Crippen LogP contribution in [-0.4, -0.2) is 82.7 Å². The van der Waals surface area contributed by atoms with Gasteiger partial charge in [-0.15, -0.1) is 0 Å². The molecule has 2 aliphatic carbocycles. The highest BCUT2D eigenvalue weighted by atomic mass is 35.5. The number of hydrazine groups is 1. The molecule has 0 aromatic heterocycles. The molecular formula is C25H35ClF3N5O5. The van der Waals surface area contributed by atoms with Crippen LogP contribution in [0.15, 0.2) is 0 Å². The molecule has 3 N–H and O–H groups in total. The molecular weight excluding hydrogens is 543 g/mol. The molecule has 0 aromatic carbocycles. The number of amides is 5. The van der Waals surface area contributed by atoms with Crippen LogP contribution in [0.2, 0.25) is 0 Å². The van der Waals surface area contributed by atoms with Gasteiger partial charge in [0.2, 0.25) is 17.7 Å². The number of hydrogen-bond donors (Lipinski definition) is 3. The van der Waals surface area contributed by atoms with E-state index >= 15 is 0 Å². The standard InChI is InChI=1S/C25H35ClF3N5O5/c1-23(2,3)16(31-19(36)12-8-25(12,28)29)21(38)33-10-13-14(24(13,4)5)15(33)20(37)32-34(22(39)17(26)27)9-11-6-7-30-18(11)35/h11-17H,6-10H2,1-5H3,(H,30,35)(H,31,36)(H,32,37)/t11-,12-,13-,14-,15-,16+,17-/m0/s1. The topological polar surface area (TPSA) is 128 Å². The number of alkyl halides is 4. The zero-order valence-corrected chi connectivity index (χ0v) is 23.3. The van der Waals surface area contributed by atoms with Gasteiger partial charge in [-0.05, 0) is 29.1 Å². The molecule has 0 unspecified atom stereocenters. The first-order valence-electron chi connectivity index (χ1n) is 13.0. The molecule has 2 aliphatic heterocycles. The molecule has 14 heteroatoms. The lowest BCUT2D eigenvalue weighted by Gasteiger charge is -2.38. The van der Waals surface area contributed by atoms with Crippen LogP contribution in [0, 0.1) is 34.5 Å². The Morgan fingerprint density at radius 2 is 1.82 bits per heavy atom. The molecule has 7 atom stereocenters. The van der Waals surface area contributed by atoms with Crippen LogP contribution in [0.3, 0.4) is 0 Å². The van der Waals surface area contributed by atoms with Gasteiger partial charge in [-0.25, -0.2) is 18.2 Å². The number of nitrogens with zero attached hydrogens (tertiary/aromatic N) is 2. The second kappa shape index (κ2) is 9.81. The molecule has 0 radical (unpaired) electrons. The summed E-state index contributed by atoms with van der Waals surface area (Å²) in [6.07, 6.45) is -0.216. The van der Waals surface area contributed by atoms with E-state index in [2.05, 4.69) is 16.1 Å². The Hall–Kier alpha value is -2.57. The highest BCUT2D eigenvalue weighted by Crippen LogP contribution is 2.65. The van der Waals surface area contributed by atoms with E-state index in [-0.39, 0.29) is 36.2 Å². The summed E-state index contributed by atoms with van der Waals surface area (Å²) in [7, 11) is 0. The molecule has 2 heterocycles. The summed E-state index contributed by atoms with van der Waals surface area (Å²) in [5.41, 5.74) is -1.28. The van der Waals surface area contributed by atoms with Crippen LogP contribution in [0.1, 0.15) is 47.5 Å². The minimum absolute atomic E-state index is 0.0620. The van der Waals surface area contributed by atoms with Crippen molar-refractivity contribution in [3.05, 3.63) is 0 Å². The zero-order valence-electron chi connectivity index (χ0n) is 22.5. The minimum Gasteiger partial charge on any atom is -0.356 e. The number of piperidine rings is 1. The van der Waals surface area contributed by atoms with Crippen LogP contribution in [0.5, 0.6) is 0 Å². The molecule has 0 bridgehead atoms. The largest absolute Gasteiger partial charge is 0.356 e. The third-order valence-electron chi connectivity index (χ3n) is 8.57. The van der Waals surface area contributed by atoms with Crippen molar-refractivity contribution < 1.29 is 37.1 Å². The lowest BCUT2D eigenvalue weighted by atomic mass is 9.85. The number of carbonyl (C=O) groups excluding carboxylic acids is 5. The Labute approximate surface area is 229 Å². The number of carbonyl (C=O) groups is 5. The number of likely N-dealkylation sites (tertiary alicyclic amines) is 1. The van der Waals surface area contributed by atoms with Crippen LogP contribution in [-0.2, 0) is 24.0 Å². The lowest BCUT2D eigenvalue weighted by molar-refractivity contribution is -0.151. The van der Waals surface area contributed by atoms with Gasteiger partial charge < -0.3 is 15.5 Å². The molecule has 5 amide bonds.